The maximum Gasteiger partial charge on any atom is 2.00 e. The van der Waals surface area contributed by atoms with E-state index in [9.17, 15) is 0 Å². The number of fused-ring (bicyclic) bond motifs is 3. The molecule has 50 heavy (non-hydrogen) atoms. The van der Waals surface area contributed by atoms with Crippen LogP contribution in [-0.4, -0.2) is 19.3 Å². The van der Waals surface area contributed by atoms with E-state index in [2.05, 4.69) is 140 Å². The Hall–Kier alpha value is -4.47. The normalized spacial score (nSPS) is 12.1. The van der Waals surface area contributed by atoms with Crippen LogP contribution in [-0.2, 0) is 31.9 Å². The van der Waals surface area contributed by atoms with Crippen LogP contribution in [0.5, 0.6) is 11.5 Å². The van der Waals surface area contributed by atoms with Gasteiger partial charge in [-0.2, -0.15) is 17.2 Å². The predicted octanol–water partition coefficient (Wildman–Crippen LogP) is 11.4. The Morgan fingerprint density at radius 3 is 2.16 bits per heavy atom. The number of aromatic nitrogens is 4. The fourth-order valence-electron chi connectivity index (χ4n) is 6.70. The molecule has 0 aliphatic carbocycles. The van der Waals surface area contributed by atoms with Crippen LogP contribution < -0.4 is 4.74 Å². The van der Waals surface area contributed by atoms with Gasteiger partial charge in [0, 0.05) is 35.0 Å². The first-order chi connectivity index (χ1) is 23.3. The number of rotatable bonds is 6. The van der Waals surface area contributed by atoms with E-state index in [-0.39, 0.29) is 31.9 Å². The van der Waals surface area contributed by atoms with Gasteiger partial charge in [-0.1, -0.05) is 96.8 Å². The van der Waals surface area contributed by atoms with Crippen molar-refractivity contribution in [3.8, 4) is 34.1 Å². The van der Waals surface area contributed by atoms with Crippen LogP contribution in [0, 0.1) is 19.1 Å². The van der Waals surface area contributed by atoms with E-state index in [4.69, 9.17) is 14.8 Å². The van der Waals surface area contributed by atoms with E-state index in [0.717, 1.165) is 38.9 Å². The number of para-hydroxylation sites is 1. The molecule has 6 heteroatoms. The van der Waals surface area contributed by atoms with Crippen molar-refractivity contribution in [2.45, 2.75) is 79.1 Å². The van der Waals surface area contributed by atoms with Crippen LogP contribution in [0.25, 0.3) is 44.4 Å². The molecule has 0 aliphatic heterocycles. The molecule has 0 unspecified atom stereocenters. The summed E-state index contributed by atoms with van der Waals surface area (Å²) < 4.78 is 10.5. The van der Waals surface area contributed by atoms with Crippen LogP contribution in [0.1, 0.15) is 83.6 Å². The maximum absolute atomic E-state index is 6.44. The average Bonchev–Trinajstić information content (AvgIpc) is 3.67. The van der Waals surface area contributed by atoms with E-state index in [1.54, 1.807) is 0 Å². The van der Waals surface area contributed by atoms with Gasteiger partial charge in [-0.15, -0.1) is 35.7 Å². The Balaban J connectivity index is 0.00000432. The molecule has 3 aromatic heterocycles. The number of hydrogen-bond donors (Lipinski definition) is 0. The van der Waals surface area contributed by atoms with Gasteiger partial charge in [-0.05, 0) is 75.2 Å². The Morgan fingerprint density at radius 2 is 1.46 bits per heavy atom. The van der Waals surface area contributed by atoms with Crippen molar-refractivity contribution >= 4 is 21.8 Å². The van der Waals surface area contributed by atoms with Crippen molar-refractivity contribution in [1.29, 1.82) is 0 Å². The number of aryl methyl sites for hydroxylation is 1. The summed E-state index contributed by atoms with van der Waals surface area (Å²) in [4.78, 5) is 4.78. The van der Waals surface area contributed by atoms with Gasteiger partial charge in [0.15, 0.2) is 0 Å². The number of benzene rings is 4. The Labute approximate surface area is 310 Å². The van der Waals surface area contributed by atoms with Crippen LogP contribution in [0.3, 0.4) is 0 Å². The summed E-state index contributed by atoms with van der Waals surface area (Å²) in [5, 5.41) is 7.07. The summed E-state index contributed by atoms with van der Waals surface area (Å²) >= 11 is 0. The van der Waals surface area contributed by atoms with E-state index < -0.39 is 0 Å². The minimum absolute atomic E-state index is 0. The topological polar surface area (TPSA) is 44.9 Å². The van der Waals surface area contributed by atoms with Gasteiger partial charge >= 0.3 is 21.1 Å². The second-order valence-corrected chi connectivity index (χ2v) is 15.5. The van der Waals surface area contributed by atoms with Crippen LogP contribution in [0.4, 0.5) is 0 Å². The molecule has 0 atom stereocenters. The molecular formula is C44H44N4OPt. The summed E-state index contributed by atoms with van der Waals surface area (Å²) in [6.45, 7) is 20.3. The summed E-state index contributed by atoms with van der Waals surface area (Å²) in [6, 6.07) is 34.3. The fraction of sp³-hybridized carbons (Fsp3) is 0.273. The smallest absolute Gasteiger partial charge is 0.509 e. The third-order valence-electron chi connectivity index (χ3n) is 9.21. The molecule has 0 radical (unpaired) electrons. The van der Waals surface area contributed by atoms with Crippen LogP contribution in [0.2, 0.25) is 0 Å². The number of hydrogen-bond acceptors (Lipinski definition) is 3. The van der Waals surface area contributed by atoms with Gasteiger partial charge in [0.1, 0.15) is 5.82 Å². The molecule has 3 heterocycles. The van der Waals surface area contributed by atoms with Crippen molar-refractivity contribution < 1.29 is 25.8 Å². The zero-order chi connectivity index (χ0) is 34.7. The van der Waals surface area contributed by atoms with E-state index in [0.29, 0.717) is 17.4 Å². The molecule has 7 rings (SSSR count). The third-order valence-corrected chi connectivity index (χ3v) is 9.21. The molecule has 0 saturated heterocycles. The zero-order valence-corrected chi connectivity index (χ0v) is 32.6. The minimum atomic E-state index is -0.0278. The van der Waals surface area contributed by atoms with Crippen molar-refractivity contribution in [3.63, 3.8) is 0 Å². The van der Waals surface area contributed by atoms with Crippen molar-refractivity contribution in [2.75, 3.05) is 0 Å². The van der Waals surface area contributed by atoms with Gasteiger partial charge in [-0.25, -0.2) is 4.98 Å². The fourth-order valence-corrected chi connectivity index (χ4v) is 6.70. The zero-order valence-electron chi connectivity index (χ0n) is 30.3. The molecule has 0 N–H and O–H groups in total. The SMILES string of the molecule is Cc1cc(C(C)(C)C)c(-c2cnn(-c3[c-]c(Oc4[c-]c5c(cc4)c4ccccc4n5-c4cc(C(C)C)ccn4)ccc3)c2)c(C(C)(C)C)c1.[Pt+2]. The van der Waals surface area contributed by atoms with E-state index in [1.165, 1.54) is 27.8 Å². The molecule has 256 valence electrons. The molecule has 0 saturated carbocycles. The largest absolute Gasteiger partial charge is 2.00 e. The summed E-state index contributed by atoms with van der Waals surface area (Å²) in [7, 11) is 0. The monoisotopic (exact) mass is 839 g/mol. The number of pyridine rings is 1. The molecule has 4 aromatic carbocycles. The first kappa shape index (κ1) is 35.4. The summed E-state index contributed by atoms with van der Waals surface area (Å²) in [6.07, 6.45) is 5.97. The summed E-state index contributed by atoms with van der Waals surface area (Å²) in [5.41, 5.74) is 10.3. The van der Waals surface area contributed by atoms with Gasteiger partial charge in [0.2, 0.25) is 0 Å². The first-order valence-corrected chi connectivity index (χ1v) is 17.1. The molecule has 0 fully saturated rings. The quantitative estimate of drug-likeness (QED) is 0.157. The van der Waals surface area contributed by atoms with Gasteiger partial charge in [-0.3, -0.25) is 4.68 Å². The molecule has 0 bridgehead atoms. The van der Waals surface area contributed by atoms with Gasteiger partial charge in [0.05, 0.1) is 6.20 Å². The molecular weight excluding hydrogens is 796 g/mol. The standard InChI is InChI=1S/C44H44N4O.Pt/c1-28(2)30-19-20-45-41(23-30)48-39-16-11-10-15-35(39)36-18-17-34(25-40(36)48)49-33-14-12-13-32(24-33)47-27-31(26-46-47)42-37(43(4,5)6)21-29(3)22-38(42)44(7,8)9;/h10-23,26-28H,1-9H3;/q-2;+2. The summed E-state index contributed by atoms with van der Waals surface area (Å²) in [5.74, 6) is 2.46. The van der Waals surface area contributed by atoms with Crippen molar-refractivity contribution in [1.82, 2.24) is 19.3 Å². The van der Waals surface area contributed by atoms with E-state index in [1.807, 2.05) is 41.3 Å². The number of ether oxygens (including phenoxy) is 1. The second kappa shape index (κ2) is 13.3. The average molecular weight is 840 g/mol. The van der Waals surface area contributed by atoms with Crippen molar-refractivity contribution in [2.24, 2.45) is 0 Å². The van der Waals surface area contributed by atoms with E-state index >= 15 is 0 Å². The third kappa shape index (κ3) is 6.68. The number of nitrogens with zero attached hydrogens (tertiary/aromatic N) is 4. The Bertz CT molecular complexity index is 2300. The predicted molar refractivity (Wildman–Crippen MR) is 202 cm³/mol. The van der Waals surface area contributed by atoms with Crippen LogP contribution >= 0.6 is 0 Å². The molecule has 0 spiro atoms. The maximum atomic E-state index is 6.44. The Kier molecular flexibility index (Phi) is 9.43. The molecule has 0 aliphatic rings. The first-order valence-electron chi connectivity index (χ1n) is 17.1. The van der Waals surface area contributed by atoms with Gasteiger partial charge in [0.25, 0.3) is 0 Å². The molecule has 5 nitrogen and oxygen atoms in total. The Morgan fingerprint density at radius 1 is 0.760 bits per heavy atom. The molecule has 0 amide bonds. The van der Waals surface area contributed by atoms with Gasteiger partial charge < -0.3 is 9.30 Å². The molecule has 7 aromatic rings. The second-order valence-electron chi connectivity index (χ2n) is 15.5. The van der Waals surface area contributed by atoms with Crippen molar-refractivity contribution in [3.05, 3.63) is 132 Å². The minimum Gasteiger partial charge on any atom is -0.509 e. The van der Waals surface area contributed by atoms with Crippen LogP contribution in [0.15, 0.2) is 97.5 Å².